The van der Waals surface area contributed by atoms with E-state index in [0.717, 1.165) is 12.2 Å². The fraction of sp³-hybridized carbons (Fsp3) is 0.417. The van der Waals surface area contributed by atoms with Crippen molar-refractivity contribution in [2.75, 3.05) is 11.4 Å². The third-order valence-electron chi connectivity index (χ3n) is 2.49. The number of amides is 1. The maximum atomic E-state index is 12.0. The average molecular weight is 204 g/mol. The second-order valence-corrected chi connectivity index (χ2v) is 4.10. The molecule has 1 aliphatic heterocycles. The lowest BCUT2D eigenvalue weighted by atomic mass is 10.2. The number of nitrogens with one attached hydrogen (secondary N) is 1. The van der Waals surface area contributed by atoms with Gasteiger partial charge in [0, 0.05) is 18.3 Å². The number of para-hydroxylation sites is 1. The highest BCUT2D eigenvalue weighted by atomic mass is 16.2. The molecule has 1 N–H and O–H groups in total. The zero-order chi connectivity index (χ0) is 10.8. The molecule has 0 radical (unpaired) electrons. The van der Waals surface area contributed by atoms with Crippen molar-refractivity contribution < 1.29 is 4.79 Å². The van der Waals surface area contributed by atoms with E-state index in [1.807, 2.05) is 49.1 Å². The van der Waals surface area contributed by atoms with Gasteiger partial charge in [-0.1, -0.05) is 18.2 Å². The maximum absolute atomic E-state index is 12.0. The van der Waals surface area contributed by atoms with E-state index >= 15 is 0 Å². The Morgan fingerprint density at radius 2 is 2.00 bits per heavy atom. The molecule has 0 aromatic heterocycles. The van der Waals surface area contributed by atoms with Crippen molar-refractivity contribution in [2.24, 2.45) is 0 Å². The molecular weight excluding hydrogens is 188 g/mol. The Morgan fingerprint density at radius 1 is 1.40 bits per heavy atom. The molecule has 0 saturated carbocycles. The van der Waals surface area contributed by atoms with Crippen molar-refractivity contribution in [1.82, 2.24) is 5.32 Å². The van der Waals surface area contributed by atoms with Crippen molar-refractivity contribution in [3.05, 3.63) is 30.3 Å². The number of anilines is 1. The molecule has 3 nitrogen and oxygen atoms in total. The van der Waals surface area contributed by atoms with Gasteiger partial charge in [0.2, 0.25) is 5.91 Å². The Labute approximate surface area is 90.1 Å². The number of carbonyl (C=O) groups excluding carboxylic acids is 1. The SMILES string of the molecule is CC(C)N(C(=O)C1CN1)c1ccccc1. The summed E-state index contributed by atoms with van der Waals surface area (Å²) in [5.41, 5.74) is 0.978. The molecule has 1 atom stereocenters. The summed E-state index contributed by atoms with van der Waals surface area (Å²) in [5, 5.41) is 3.05. The number of benzene rings is 1. The van der Waals surface area contributed by atoms with Crippen molar-refractivity contribution in [2.45, 2.75) is 25.9 Å². The minimum Gasteiger partial charge on any atom is -0.309 e. The fourth-order valence-corrected chi connectivity index (χ4v) is 1.67. The van der Waals surface area contributed by atoms with E-state index in [4.69, 9.17) is 0 Å². The van der Waals surface area contributed by atoms with Gasteiger partial charge >= 0.3 is 0 Å². The van der Waals surface area contributed by atoms with Crippen LogP contribution in [0.25, 0.3) is 0 Å². The Morgan fingerprint density at radius 3 is 2.47 bits per heavy atom. The normalized spacial score (nSPS) is 19.0. The summed E-state index contributed by atoms with van der Waals surface area (Å²) in [4.78, 5) is 13.9. The molecule has 2 rings (SSSR count). The number of hydrogen-bond acceptors (Lipinski definition) is 2. The lowest BCUT2D eigenvalue weighted by Gasteiger charge is -2.26. The zero-order valence-corrected chi connectivity index (χ0v) is 9.10. The van der Waals surface area contributed by atoms with Crippen molar-refractivity contribution >= 4 is 11.6 Å². The van der Waals surface area contributed by atoms with Crippen LogP contribution in [-0.2, 0) is 4.79 Å². The number of rotatable bonds is 3. The van der Waals surface area contributed by atoms with Crippen molar-refractivity contribution in [1.29, 1.82) is 0 Å². The summed E-state index contributed by atoms with van der Waals surface area (Å²) in [7, 11) is 0. The first-order valence-corrected chi connectivity index (χ1v) is 5.31. The van der Waals surface area contributed by atoms with Gasteiger partial charge in [-0.25, -0.2) is 0 Å². The van der Waals surface area contributed by atoms with Gasteiger partial charge in [-0.05, 0) is 26.0 Å². The third kappa shape index (κ3) is 2.18. The molecule has 80 valence electrons. The summed E-state index contributed by atoms with van der Waals surface area (Å²) in [6, 6.07) is 10.0. The van der Waals surface area contributed by atoms with E-state index in [1.54, 1.807) is 0 Å². The molecule has 1 aromatic carbocycles. The van der Waals surface area contributed by atoms with Gasteiger partial charge in [-0.2, -0.15) is 0 Å². The average Bonchev–Trinajstić information content (AvgIpc) is 3.02. The standard InChI is InChI=1S/C12H16N2O/c1-9(2)14(12(15)11-8-13-11)10-6-4-3-5-7-10/h3-7,9,11,13H,8H2,1-2H3. The Hall–Kier alpha value is -1.35. The lowest BCUT2D eigenvalue weighted by Crippen LogP contribution is -2.40. The fourth-order valence-electron chi connectivity index (χ4n) is 1.67. The first-order chi connectivity index (χ1) is 7.20. The first-order valence-electron chi connectivity index (χ1n) is 5.31. The molecule has 3 heteroatoms. The van der Waals surface area contributed by atoms with E-state index in [9.17, 15) is 4.79 Å². The van der Waals surface area contributed by atoms with Crippen LogP contribution in [0.15, 0.2) is 30.3 Å². The molecule has 1 aromatic rings. The van der Waals surface area contributed by atoms with Crippen LogP contribution in [0.3, 0.4) is 0 Å². The number of nitrogens with zero attached hydrogens (tertiary/aromatic N) is 1. The predicted molar refractivity (Wildman–Crippen MR) is 60.9 cm³/mol. The number of carbonyl (C=O) groups is 1. The largest absolute Gasteiger partial charge is 0.309 e. The highest BCUT2D eigenvalue weighted by molar-refractivity contribution is 5.99. The summed E-state index contributed by atoms with van der Waals surface area (Å²) in [6.45, 7) is 4.88. The third-order valence-corrected chi connectivity index (χ3v) is 2.49. The van der Waals surface area contributed by atoms with Crippen LogP contribution in [0.1, 0.15) is 13.8 Å². The molecule has 1 aliphatic rings. The van der Waals surface area contributed by atoms with E-state index < -0.39 is 0 Å². The predicted octanol–water partition coefficient (Wildman–Crippen LogP) is 1.40. The van der Waals surface area contributed by atoms with Gasteiger partial charge in [0.25, 0.3) is 0 Å². The van der Waals surface area contributed by atoms with Gasteiger partial charge in [0.05, 0.1) is 6.04 Å². The second-order valence-electron chi connectivity index (χ2n) is 4.10. The highest BCUT2D eigenvalue weighted by Gasteiger charge is 2.34. The summed E-state index contributed by atoms with van der Waals surface area (Å²) in [6.07, 6.45) is 0. The highest BCUT2D eigenvalue weighted by Crippen LogP contribution is 2.19. The summed E-state index contributed by atoms with van der Waals surface area (Å²) >= 11 is 0. The van der Waals surface area contributed by atoms with Gasteiger partial charge in [0.15, 0.2) is 0 Å². The molecule has 1 fully saturated rings. The summed E-state index contributed by atoms with van der Waals surface area (Å²) < 4.78 is 0. The number of hydrogen-bond donors (Lipinski definition) is 1. The molecular formula is C12H16N2O. The smallest absolute Gasteiger partial charge is 0.245 e. The van der Waals surface area contributed by atoms with Crippen LogP contribution in [0.4, 0.5) is 5.69 Å². The van der Waals surface area contributed by atoms with E-state index in [0.29, 0.717) is 0 Å². The van der Waals surface area contributed by atoms with Gasteiger partial charge < -0.3 is 10.2 Å². The van der Waals surface area contributed by atoms with Crippen LogP contribution in [0.2, 0.25) is 0 Å². The Balaban J connectivity index is 2.23. The molecule has 1 saturated heterocycles. The second kappa shape index (κ2) is 4.03. The summed E-state index contributed by atoms with van der Waals surface area (Å²) in [5.74, 6) is 0.177. The Bertz CT molecular complexity index is 344. The Kier molecular flexibility index (Phi) is 2.73. The molecule has 15 heavy (non-hydrogen) atoms. The molecule has 0 bridgehead atoms. The van der Waals surface area contributed by atoms with Crippen LogP contribution < -0.4 is 10.2 Å². The van der Waals surface area contributed by atoms with E-state index in [-0.39, 0.29) is 18.0 Å². The monoisotopic (exact) mass is 204 g/mol. The first kappa shape index (κ1) is 10.2. The molecule has 1 heterocycles. The van der Waals surface area contributed by atoms with Crippen LogP contribution >= 0.6 is 0 Å². The lowest BCUT2D eigenvalue weighted by molar-refractivity contribution is -0.118. The molecule has 1 amide bonds. The van der Waals surface area contributed by atoms with Crippen LogP contribution in [0, 0.1) is 0 Å². The van der Waals surface area contributed by atoms with Crippen LogP contribution in [-0.4, -0.2) is 24.5 Å². The van der Waals surface area contributed by atoms with Gasteiger partial charge in [-0.15, -0.1) is 0 Å². The topological polar surface area (TPSA) is 42.2 Å². The van der Waals surface area contributed by atoms with Gasteiger partial charge in [-0.3, -0.25) is 4.79 Å². The minimum atomic E-state index is 0.0348. The quantitative estimate of drug-likeness (QED) is 0.756. The van der Waals surface area contributed by atoms with E-state index in [2.05, 4.69) is 5.32 Å². The molecule has 0 spiro atoms. The van der Waals surface area contributed by atoms with Gasteiger partial charge in [0.1, 0.15) is 0 Å². The van der Waals surface area contributed by atoms with E-state index in [1.165, 1.54) is 0 Å². The minimum absolute atomic E-state index is 0.0348. The zero-order valence-electron chi connectivity index (χ0n) is 9.10. The maximum Gasteiger partial charge on any atom is 0.245 e. The molecule has 1 unspecified atom stereocenters. The van der Waals surface area contributed by atoms with Crippen molar-refractivity contribution in [3.8, 4) is 0 Å². The van der Waals surface area contributed by atoms with Crippen LogP contribution in [0.5, 0.6) is 0 Å². The van der Waals surface area contributed by atoms with Crippen molar-refractivity contribution in [3.63, 3.8) is 0 Å². The molecule has 0 aliphatic carbocycles.